The fourth-order valence-corrected chi connectivity index (χ4v) is 5.07. The van der Waals surface area contributed by atoms with E-state index in [1.54, 1.807) is 27.5 Å². The Balaban J connectivity index is 1.50. The maximum atomic E-state index is 13.8. The van der Waals surface area contributed by atoms with Crippen molar-refractivity contribution >= 4 is 22.5 Å². The lowest BCUT2D eigenvalue weighted by molar-refractivity contribution is 0.0739. The minimum absolute atomic E-state index is 0.00819. The number of hydrogen-bond acceptors (Lipinski definition) is 6. The summed E-state index contributed by atoms with van der Waals surface area (Å²) < 4.78 is 16.4. The second-order valence-electron chi connectivity index (χ2n) is 11.7. The lowest BCUT2D eigenvalue weighted by Crippen LogP contribution is -2.32. The van der Waals surface area contributed by atoms with Crippen LogP contribution in [0.5, 0.6) is 17.2 Å². The van der Waals surface area contributed by atoms with E-state index in [1.807, 2.05) is 59.5 Å². The maximum absolute atomic E-state index is 13.8. The Morgan fingerprint density at radius 1 is 0.929 bits per heavy atom. The summed E-state index contributed by atoms with van der Waals surface area (Å²) in [5, 5.41) is 4.64. The van der Waals surface area contributed by atoms with Crippen LogP contribution in [0.4, 0.5) is 5.69 Å². The van der Waals surface area contributed by atoms with Gasteiger partial charge in [0.2, 0.25) is 0 Å². The molecule has 1 amide bonds. The summed E-state index contributed by atoms with van der Waals surface area (Å²) in [7, 11) is 4.91. The molecule has 4 aromatic rings. The number of ether oxygens (including phenoxy) is 3. The topological polar surface area (TPSA) is 72.9 Å². The zero-order valence-electron chi connectivity index (χ0n) is 25.9. The molecule has 1 heterocycles. The van der Waals surface area contributed by atoms with Crippen LogP contribution in [0.15, 0.2) is 72.9 Å². The highest BCUT2D eigenvalue weighted by Gasteiger charge is 2.20. The van der Waals surface area contributed by atoms with Crippen LogP contribution in [0.3, 0.4) is 0 Å². The van der Waals surface area contributed by atoms with Gasteiger partial charge in [-0.3, -0.25) is 9.78 Å². The van der Waals surface area contributed by atoms with E-state index in [0.717, 1.165) is 40.7 Å². The van der Waals surface area contributed by atoms with Gasteiger partial charge in [0.25, 0.3) is 5.91 Å². The minimum atomic E-state index is 0.00819. The van der Waals surface area contributed by atoms with E-state index < -0.39 is 0 Å². The van der Waals surface area contributed by atoms with Crippen molar-refractivity contribution < 1.29 is 19.0 Å². The second kappa shape index (κ2) is 13.6. The summed E-state index contributed by atoms with van der Waals surface area (Å²) in [4.78, 5) is 20.3. The molecule has 3 aromatic carbocycles. The molecule has 0 saturated heterocycles. The van der Waals surface area contributed by atoms with Gasteiger partial charge in [0.1, 0.15) is 5.75 Å². The quantitative estimate of drug-likeness (QED) is 0.191. The van der Waals surface area contributed by atoms with Crippen LogP contribution in [-0.2, 0) is 12.0 Å². The number of amides is 1. The normalized spacial score (nSPS) is 12.1. The van der Waals surface area contributed by atoms with E-state index in [4.69, 9.17) is 14.2 Å². The van der Waals surface area contributed by atoms with Crippen molar-refractivity contribution in [2.24, 2.45) is 0 Å². The molecule has 0 radical (unpaired) electrons. The van der Waals surface area contributed by atoms with Gasteiger partial charge in [-0.15, -0.1) is 0 Å². The first-order chi connectivity index (χ1) is 20.1. The molecule has 222 valence electrons. The molecule has 1 N–H and O–H groups in total. The summed E-state index contributed by atoms with van der Waals surface area (Å²) in [6.07, 6.45) is 3.49. The number of anilines is 1. The van der Waals surface area contributed by atoms with E-state index in [1.165, 1.54) is 5.56 Å². The Bertz CT molecular complexity index is 1490. The Labute approximate surface area is 249 Å². The molecule has 0 fully saturated rings. The number of pyridine rings is 1. The Hall–Kier alpha value is -4.26. The van der Waals surface area contributed by atoms with Gasteiger partial charge >= 0.3 is 0 Å². The molecule has 7 heteroatoms. The number of hydrogen-bond donors (Lipinski definition) is 1. The number of nitrogens with one attached hydrogen (secondary N) is 1. The third kappa shape index (κ3) is 7.52. The van der Waals surface area contributed by atoms with Crippen molar-refractivity contribution in [3.63, 3.8) is 0 Å². The monoisotopic (exact) mass is 569 g/mol. The van der Waals surface area contributed by atoms with Crippen molar-refractivity contribution in [3.8, 4) is 17.2 Å². The smallest absolute Gasteiger partial charge is 0.254 e. The Morgan fingerprint density at radius 2 is 1.67 bits per heavy atom. The van der Waals surface area contributed by atoms with Crippen molar-refractivity contribution in [3.05, 3.63) is 89.6 Å². The molecular weight excluding hydrogens is 526 g/mol. The van der Waals surface area contributed by atoms with Gasteiger partial charge in [-0.25, -0.2) is 0 Å². The first-order valence-electron chi connectivity index (χ1n) is 14.4. The number of methoxy groups -OCH3 is 3. The van der Waals surface area contributed by atoms with Crippen LogP contribution in [-0.4, -0.2) is 49.7 Å². The molecule has 4 rings (SSSR count). The molecule has 0 aliphatic carbocycles. The number of aromatic nitrogens is 1. The molecule has 42 heavy (non-hydrogen) atoms. The maximum Gasteiger partial charge on any atom is 0.254 e. The average molecular weight is 570 g/mol. The van der Waals surface area contributed by atoms with Crippen LogP contribution in [0.25, 0.3) is 10.9 Å². The fraction of sp³-hybridized carbons (Fsp3) is 0.371. The number of carbonyl (C=O) groups excluding carboxylic acids is 1. The van der Waals surface area contributed by atoms with Gasteiger partial charge in [0, 0.05) is 42.3 Å². The first kappa shape index (κ1) is 30.7. The standard InChI is InChI=1S/C35H43N3O4/c1-24(37-30-22-29(40-5)21-27-11-8-18-36-33(27)30)10-9-19-38(23-25-12-17-31(41-6)32(20-25)42-7)34(39)26-13-15-28(16-14-26)35(2,3)4/h8,11-18,20-22,24,37H,9-10,19,23H2,1-7H3. The van der Waals surface area contributed by atoms with Gasteiger partial charge < -0.3 is 24.4 Å². The van der Waals surface area contributed by atoms with Crippen LogP contribution in [0.2, 0.25) is 0 Å². The average Bonchev–Trinajstić information content (AvgIpc) is 2.99. The van der Waals surface area contributed by atoms with Gasteiger partial charge in [0.05, 0.1) is 32.5 Å². The van der Waals surface area contributed by atoms with Gasteiger partial charge in [0.15, 0.2) is 11.5 Å². The summed E-state index contributed by atoms with van der Waals surface area (Å²) >= 11 is 0. The van der Waals surface area contributed by atoms with Crippen LogP contribution in [0, 0.1) is 0 Å². The zero-order chi connectivity index (χ0) is 30.3. The number of carbonyl (C=O) groups is 1. The molecule has 0 aliphatic heterocycles. The Morgan fingerprint density at radius 3 is 2.33 bits per heavy atom. The summed E-state index contributed by atoms with van der Waals surface area (Å²) in [6.45, 7) is 9.75. The first-order valence-corrected chi connectivity index (χ1v) is 14.4. The molecule has 1 unspecified atom stereocenters. The van der Waals surface area contributed by atoms with Crippen molar-refractivity contribution in [1.82, 2.24) is 9.88 Å². The Kier molecular flexibility index (Phi) is 9.94. The van der Waals surface area contributed by atoms with Crippen molar-refractivity contribution in [2.45, 2.75) is 58.5 Å². The van der Waals surface area contributed by atoms with Gasteiger partial charge in [-0.2, -0.15) is 0 Å². The summed E-state index contributed by atoms with van der Waals surface area (Å²) in [5.41, 5.74) is 4.73. The van der Waals surface area contributed by atoms with Gasteiger partial charge in [-0.05, 0) is 72.7 Å². The highest BCUT2D eigenvalue weighted by Crippen LogP contribution is 2.30. The van der Waals surface area contributed by atoms with Crippen molar-refractivity contribution in [1.29, 1.82) is 0 Å². The number of benzene rings is 3. The van der Waals surface area contributed by atoms with E-state index in [0.29, 0.717) is 30.2 Å². The fourth-order valence-electron chi connectivity index (χ4n) is 5.07. The lowest BCUT2D eigenvalue weighted by Gasteiger charge is -2.25. The van der Waals surface area contributed by atoms with Crippen LogP contribution < -0.4 is 19.5 Å². The highest BCUT2D eigenvalue weighted by molar-refractivity contribution is 5.94. The zero-order valence-corrected chi connectivity index (χ0v) is 25.9. The predicted octanol–water partition coefficient (Wildman–Crippen LogP) is 7.48. The molecule has 0 aliphatic rings. The number of rotatable bonds is 12. The van der Waals surface area contributed by atoms with Gasteiger partial charge in [-0.1, -0.05) is 45.0 Å². The van der Waals surface area contributed by atoms with Crippen LogP contribution >= 0.6 is 0 Å². The minimum Gasteiger partial charge on any atom is -0.497 e. The lowest BCUT2D eigenvalue weighted by atomic mass is 9.86. The largest absolute Gasteiger partial charge is 0.497 e. The molecule has 7 nitrogen and oxygen atoms in total. The molecule has 1 atom stereocenters. The van der Waals surface area contributed by atoms with Crippen LogP contribution in [0.1, 0.15) is 62.0 Å². The third-order valence-electron chi connectivity index (χ3n) is 7.49. The summed E-state index contributed by atoms with van der Waals surface area (Å²) in [5.74, 6) is 2.11. The molecule has 1 aromatic heterocycles. The highest BCUT2D eigenvalue weighted by atomic mass is 16.5. The van der Waals surface area contributed by atoms with E-state index >= 15 is 0 Å². The predicted molar refractivity (Wildman–Crippen MR) is 170 cm³/mol. The third-order valence-corrected chi connectivity index (χ3v) is 7.49. The molecule has 0 spiro atoms. The molecule has 0 saturated carbocycles. The summed E-state index contributed by atoms with van der Waals surface area (Å²) in [6, 6.07) is 21.9. The molecule has 0 bridgehead atoms. The second-order valence-corrected chi connectivity index (χ2v) is 11.7. The van der Waals surface area contributed by atoms with E-state index in [-0.39, 0.29) is 17.4 Å². The van der Waals surface area contributed by atoms with E-state index in [2.05, 4.69) is 50.1 Å². The van der Waals surface area contributed by atoms with E-state index in [9.17, 15) is 4.79 Å². The number of fused-ring (bicyclic) bond motifs is 1. The number of nitrogens with zero attached hydrogens (tertiary/aromatic N) is 2. The van der Waals surface area contributed by atoms with Crippen molar-refractivity contribution in [2.75, 3.05) is 33.2 Å². The molecular formula is C35H43N3O4. The SMILES string of the molecule is COc1cc(NC(C)CCCN(Cc2ccc(OC)c(OC)c2)C(=O)c2ccc(C(C)(C)C)cc2)c2ncccc2c1.